The smallest absolute Gasteiger partial charge is 0.115 e. The second kappa shape index (κ2) is 7.16. The standard InChI is InChI=1S/C21H26N2O2/c24-20-8-6-17(7-9-20)21(25)15-23-13-18-11-22(12-19(18)14-23)10-16-4-2-1-3-5-16/h1-9,18-19,21,24-25H,10-15H2/t18-,19+,21-/m0/s1. The maximum atomic E-state index is 10.4. The number of phenols is 1. The van der Waals surface area contributed by atoms with Crippen molar-refractivity contribution in [3.63, 3.8) is 0 Å². The van der Waals surface area contributed by atoms with Crippen LogP contribution >= 0.6 is 0 Å². The normalized spacial score (nSPS) is 25.2. The van der Waals surface area contributed by atoms with Crippen LogP contribution < -0.4 is 0 Å². The third kappa shape index (κ3) is 3.87. The number of hydrogen-bond donors (Lipinski definition) is 2. The lowest BCUT2D eigenvalue weighted by atomic mass is 10.0. The Morgan fingerprint density at radius 1 is 0.840 bits per heavy atom. The zero-order valence-electron chi connectivity index (χ0n) is 14.5. The number of aliphatic hydroxyl groups excluding tert-OH is 1. The number of nitrogens with zero attached hydrogens (tertiary/aromatic N) is 2. The van der Waals surface area contributed by atoms with Gasteiger partial charge in [-0.1, -0.05) is 42.5 Å². The van der Waals surface area contributed by atoms with Crippen LogP contribution in [0.1, 0.15) is 17.2 Å². The van der Waals surface area contributed by atoms with Gasteiger partial charge in [0.2, 0.25) is 0 Å². The predicted octanol–water partition coefficient (Wildman–Crippen LogP) is 2.49. The van der Waals surface area contributed by atoms with Gasteiger partial charge in [0.1, 0.15) is 5.75 Å². The van der Waals surface area contributed by atoms with Gasteiger partial charge in [-0.2, -0.15) is 0 Å². The number of benzene rings is 2. The van der Waals surface area contributed by atoms with Crippen molar-refractivity contribution < 1.29 is 10.2 Å². The first-order chi connectivity index (χ1) is 12.2. The first kappa shape index (κ1) is 16.6. The van der Waals surface area contributed by atoms with Crippen LogP contribution in [0.25, 0.3) is 0 Å². The van der Waals surface area contributed by atoms with Crippen LogP contribution in [0.3, 0.4) is 0 Å². The second-order valence-electron chi connectivity index (χ2n) is 7.53. The SMILES string of the molecule is Oc1ccc([C@@H](O)CN2C[C@H]3CN(Cc4ccccc4)C[C@H]3C2)cc1. The van der Waals surface area contributed by atoms with E-state index < -0.39 is 6.10 Å². The minimum Gasteiger partial charge on any atom is -0.508 e. The molecular weight excluding hydrogens is 312 g/mol. The summed E-state index contributed by atoms with van der Waals surface area (Å²) in [5.41, 5.74) is 2.27. The largest absolute Gasteiger partial charge is 0.508 e. The number of fused-ring (bicyclic) bond motifs is 1. The number of likely N-dealkylation sites (tertiary alicyclic amines) is 2. The van der Waals surface area contributed by atoms with Crippen LogP contribution in [0.5, 0.6) is 5.75 Å². The lowest BCUT2D eigenvalue weighted by molar-refractivity contribution is 0.118. The predicted molar refractivity (Wildman–Crippen MR) is 98.2 cm³/mol. The summed E-state index contributed by atoms with van der Waals surface area (Å²) in [5.74, 6) is 1.68. The molecule has 0 unspecified atom stereocenters. The van der Waals surface area contributed by atoms with Crippen molar-refractivity contribution in [1.29, 1.82) is 0 Å². The Morgan fingerprint density at radius 3 is 2.08 bits per heavy atom. The van der Waals surface area contributed by atoms with Gasteiger partial charge < -0.3 is 10.2 Å². The van der Waals surface area contributed by atoms with Crippen LogP contribution in [-0.4, -0.2) is 52.7 Å². The van der Waals surface area contributed by atoms with E-state index in [4.69, 9.17) is 0 Å². The van der Waals surface area contributed by atoms with Gasteiger partial charge in [0.25, 0.3) is 0 Å². The van der Waals surface area contributed by atoms with E-state index in [2.05, 4.69) is 40.1 Å². The number of aliphatic hydroxyl groups is 1. The summed E-state index contributed by atoms with van der Waals surface area (Å²) < 4.78 is 0. The van der Waals surface area contributed by atoms with E-state index in [9.17, 15) is 10.2 Å². The minimum atomic E-state index is -0.486. The fourth-order valence-corrected chi connectivity index (χ4v) is 4.35. The Labute approximate surface area is 149 Å². The highest BCUT2D eigenvalue weighted by molar-refractivity contribution is 5.27. The highest BCUT2D eigenvalue weighted by Crippen LogP contribution is 2.33. The second-order valence-corrected chi connectivity index (χ2v) is 7.53. The fourth-order valence-electron chi connectivity index (χ4n) is 4.35. The van der Waals surface area contributed by atoms with Crippen LogP contribution in [0.2, 0.25) is 0 Å². The van der Waals surface area contributed by atoms with Crippen molar-refractivity contribution >= 4 is 0 Å². The first-order valence-corrected chi connectivity index (χ1v) is 9.13. The summed E-state index contributed by atoms with van der Waals surface area (Å²) in [6, 6.07) is 17.6. The lowest BCUT2D eigenvalue weighted by Crippen LogP contribution is -2.31. The van der Waals surface area contributed by atoms with Crippen LogP contribution in [0.4, 0.5) is 0 Å². The van der Waals surface area contributed by atoms with E-state index in [1.165, 1.54) is 5.56 Å². The summed E-state index contributed by atoms with van der Waals surface area (Å²) in [4.78, 5) is 4.96. The van der Waals surface area contributed by atoms with Gasteiger partial charge in [-0.05, 0) is 35.1 Å². The Balaban J connectivity index is 1.28. The molecule has 4 heteroatoms. The average molecular weight is 338 g/mol. The van der Waals surface area contributed by atoms with Crippen molar-refractivity contribution in [3.8, 4) is 5.75 Å². The highest BCUT2D eigenvalue weighted by atomic mass is 16.3. The number of phenolic OH excluding ortho intramolecular Hbond substituents is 1. The Kier molecular flexibility index (Phi) is 4.75. The molecular formula is C21H26N2O2. The van der Waals surface area contributed by atoms with Crippen LogP contribution in [-0.2, 0) is 6.54 Å². The molecule has 4 rings (SSSR count). The Hall–Kier alpha value is -1.88. The van der Waals surface area contributed by atoms with E-state index >= 15 is 0 Å². The van der Waals surface area contributed by atoms with Crippen LogP contribution in [0.15, 0.2) is 54.6 Å². The molecule has 2 fully saturated rings. The molecule has 0 aliphatic carbocycles. The van der Waals surface area contributed by atoms with E-state index in [1.54, 1.807) is 24.3 Å². The maximum absolute atomic E-state index is 10.4. The molecule has 2 aliphatic heterocycles. The monoisotopic (exact) mass is 338 g/mol. The summed E-state index contributed by atoms with van der Waals surface area (Å²) in [6.45, 7) is 6.19. The summed E-state index contributed by atoms with van der Waals surface area (Å²) >= 11 is 0. The first-order valence-electron chi connectivity index (χ1n) is 9.13. The fraction of sp³-hybridized carbons (Fsp3) is 0.429. The lowest BCUT2D eigenvalue weighted by Gasteiger charge is -2.23. The van der Waals surface area contributed by atoms with Gasteiger partial charge in [0.15, 0.2) is 0 Å². The Bertz CT molecular complexity index is 675. The maximum Gasteiger partial charge on any atom is 0.115 e. The number of β-amino-alcohol motifs (C(OH)–C–C–N with tert-alkyl or cyclic N) is 1. The average Bonchev–Trinajstić information content (AvgIpc) is 3.14. The molecule has 132 valence electrons. The zero-order chi connectivity index (χ0) is 17.2. The molecule has 2 heterocycles. The van der Waals surface area contributed by atoms with Crippen molar-refractivity contribution in [2.24, 2.45) is 11.8 Å². The molecule has 2 aromatic rings. The van der Waals surface area contributed by atoms with E-state index in [0.717, 1.165) is 50.1 Å². The zero-order valence-corrected chi connectivity index (χ0v) is 14.5. The van der Waals surface area contributed by atoms with Crippen molar-refractivity contribution in [3.05, 3.63) is 65.7 Å². The van der Waals surface area contributed by atoms with Gasteiger partial charge in [0.05, 0.1) is 6.10 Å². The molecule has 2 aliphatic rings. The highest BCUT2D eigenvalue weighted by Gasteiger charge is 2.40. The summed E-state index contributed by atoms with van der Waals surface area (Å²) in [5, 5.41) is 19.8. The third-order valence-electron chi connectivity index (χ3n) is 5.60. The quantitative estimate of drug-likeness (QED) is 0.879. The molecule has 0 amide bonds. The van der Waals surface area contributed by atoms with Crippen molar-refractivity contribution in [1.82, 2.24) is 9.80 Å². The van der Waals surface area contributed by atoms with Gasteiger partial charge in [0, 0.05) is 39.3 Å². The van der Waals surface area contributed by atoms with Crippen molar-refractivity contribution in [2.45, 2.75) is 12.6 Å². The topological polar surface area (TPSA) is 46.9 Å². The molecule has 0 bridgehead atoms. The Morgan fingerprint density at radius 2 is 1.44 bits per heavy atom. The van der Waals surface area contributed by atoms with Gasteiger partial charge in [-0.3, -0.25) is 9.80 Å². The van der Waals surface area contributed by atoms with Crippen LogP contribution in [0, 0.1) is 11.8 Å². The summed E-state index contributed by atoms with van der Waals surface area (Å²) in [7, 11) is 0. The van der Waals surface area contributed by atoms with E-state index in [1.807, 2.05) is 0 Å². The molecule has 0 spiro atoms. The molecule has 25 heavy (non-hydrogen) atoms. The van der Waals surface area contributed by atoms with Crippen molar-refractivity contribution in [2.75, 3.05) is 32.7 Å². The summed E-state index contributed by atoms with van der Waals surface area (Å²) in [6.07, 6.45) is -0.486. The molecule has 2 N–H and O–H groups in total. The van der Waals surface area contributed by atoms with Gasteiger partial charge in [-0.15, -0.1) is 0 Å². The molecule has 0 aromatic heterocycles. The number of rotatable bonds is 5. The molecule has 2 saturated heterocycles. The van der Waals surface area contributed by atoms with Gasteiger partial charge >= 0.3 is 0 Å². The minimum absolute atomic E-state index is 0.241. The van der Waals surface area contributed by atoms with E-state index in [-0.39, 0.29) is 5.75 Å². The molecule has 2 aromatic carbocycles. The third-order valence-corrected chi connectivity index (χ3v) is 5.60. The van der Waals surface area contributed by atoms with E-state index in [0.29, 0.717) is 6.54 Å². The number of hydrogen-bond acceptors (Lipinski definition) is 4. The molecule has 0 radical (unpaired) electrons. The molecule has 3 atom stereocenters. The number of aromatic hydroxyl groups is 1. The van der Waals surface area contributed by atoms with Gasteiger partial charge in [-0.25, -0.2) is 0 Å². The molecule has 0 saturated carbocycles. The molecule has 4 nitrogen and oxygen atoms in total.